The zero-order valence-electron chi connectivity index (χ0n) is 17.0. The number of nitrogens with one attached hydrogen (secondary N) is 1. The maximum absolute atomic E-state index is 13.2. The fourth-order valence-corrected chi connectivity index (χ4v) is 3.26. The van der Waals surface area contributed by atoms with Crippen molar-refractivity contribution in [2.45, 2.75) is 26.3 Å². The first-order valence-corrected chi connectivity index (χ1v) is 9.94. The predicted molar refractivity (Wildman–Crippen MR) is 114 cm³/mol. The van der Waals surface area contributed by atoms with Crippen LogP contribution in [0, 0.1) is 12.7 Å². The average Bonchev–Trinajstić information content (AvgIpc) is 3.20. The number of hydrogen-bond donors (Lipinski definition) is 1. The number of carbonyl (C=O) groups is 1. The van der Waals surface area contributed by atoms with Crippen molar-refractivity contribution in [2.75, 3.05) is 6.54 Å². The van der Waals surface area contributed by atoms with E-state index < -0.39 is 0 Å². The van der Waals surface area contributed by atoms with Crippen LogP contribution in [0.25, 0.3) is 22.4 Å². The average molecular weight is 420 g/mol. The molecule has 2 heterocycles. The molecular weight excluding hydrogens is 399 g/mol. The zero-order valence-corrected chi connectivity index (χ0v) is 17.0. The van der Waals surface area contributed by atoms with Crippen LogP contribution in [0.3, 0.4) is 0 Å². The van der Waals surface area contributed by atoms with Crippen molar-refractivity contribution in [1.82, 2.24) is 20.0 Å². The second-order valence-electron chi connectivity index (χ2n) is 7.30. The van der Waals surface area contributed by atoms with Gasteiger partial charge in [0, 0.05) is 25.1 Å². The Morgan fingerprint density at radius 1 is 1.13 bits per heavy atom. The fourth-order valence-electron chi connectivity index (χ4n) is 3.26. The lowest BCUT2D eigenvalue weighted by Crippen LogP contribution is -2.29. The first-order chi connectivity index (χ1) is 15.0. The van der Waals surface area contributed by atoms with E-state index in [0.717, 1.165) is 12.0 Å². The molecule has 0 aliphatic rings. The number of rotatable bonds is 7. The summed E-state index contributed by atoms with van der Waals surface area (Å²) in [7, 11) is 0. The third-order valence-electron chi connectivity index (χ3n) is 5.02. The minimum absolute atomic E-state index is 0.100. The number of amides is 1. The Labute approximate surface area is 177 Å². The van der Waals surface area contributed by atoms with E-state index in [4.69, 9.17) is 4.52 Å². The Balaban J connectivity index is 1.41. The Hall–Kier alpha value is -3.81. The molecule has 0 bridgehead atoms. The predicted octanol–water partition coefficient (Wildman–Crippen LogP) is 3.25. The van der Waals surface area contributed by atoms with E-state index >= 15 is 0 Å². The van der Waals surface area contributed by atoms with Crippen LogP contribution in [-0.2, 0) is 17.8 Å². The van der Waals surface area contributed by atoms with Crippen molar-refractivity contribution in [2.24, 2.45) is 0 Å². The van der Waals surface area contributed by atoms with E-state index in [-0.39, 0.29) is 41.3 Å². The molecular formula is C23H21FN4O3. The summed E-state index contributed by atoms with van der Waals surface area (Å²) < 4.78 is 19.7. The highest BCUT2D eigenvalue weighted by Gasteiger charge is 2.17. The summed E-state index contributed by atoms with van der Waals surface area (Å²) in [5, 5.41) is 6.99. The van der Waals surface area contributed by atoms with Gasteiger partial charge in [-0.15, -0.1) is 0 Å². The number of fused-ring (bicyclic) bond motifs is 1. The molecule has 0 atom stereocenters. The molecule has 8 heteroatoms. The van der Waals surface area contributed by atoms with Gasteiger partial charge in [0.15, 0.2) is 0 Å². The Bertz CT molecular complexity index is 1260. The molecule has 0 saturated heterocycles. The molecule has 1 amide bonds. The van der Waals surface area contributed by atoms with Gasteiger partial charge in [-0.25, -0.2) is 9.37 Å². The Morgan fingerprint density at radius 3 is 2.61 bits per heavy atom. The number of carbonyl (C=O) groups excluding carboxylic acids is 1. The number of aryl methyl sites for hydroxylation is 2. The Morgan fingerprint density at radius 2 is 1.87 bits per heavy atom. The molecule has 31 heavy (non-hydrogen) atoms. The summed E-state index contributed by atoms with van der Waals surface area (Å²) in [5.41, 5.74) is 2.92. The fraction of sp³-hybridized carbons (Fsp3) is 0.217. The summed E-state index contributed by atoms with van der Waals surface area (Å²) in [4.78, 5) is 29.2. The van der Waals surface area contributed by atoms with E-state index in [1.54, 1.807) is 0 Å². The van der Waals surface area contributed by atoms with Gasteiger partial charge in [0.25, 0.3) is 11.3 Å². The molecule has 0 aliphatic heterocycles. The minimum Gasteiger partial charge on any atom is -0.356 e. The molecule has 158 valence electrons. The van der Waals surface area contributed by atoms with Gasteiger partial charge in [-0.1, -0.05) is 35.0 Å². The summed E-state index contributed by atoms with van der Waals surface area (Å²) in [6, 6.07) is 13.8. The lowest BCUT2D eigenvalue weighted by molar-refractivity contribution is -0.121. The van der Waals surface area contributed by atoms with E-state index in [9.17, 15) is 14.0 Å². The first-order valence-electron chi connectivity index (χ1n) is 9.94. The third kappa shape index (κ3) is 4.69. The molecule has 0 fully saturated rings. The normalized spacial score (nSPS) is 11.0. The van der Waals surface area contributed by atoms with Gasteiger partial charge in [-0.05, 0) is 43.2 Å². The van der Waals surface area contributed by atoms with Crippen LogP contribution in [0.1, 0.15) is 17.5 Å². The molecule has 2 aromatic heterocycles. The van der Waals surface area contributed by atoms with E-state index in [2.05, 4.69) is 15.5 Å². The van der Waals surface area contributed by atoms with Crippen molar-refractivity contribution >= 4 is 17.0 Å². The zero-order chi connectivity index (χ0) is 21.8. The number of nitrogens with zero attached hydrogens (tertiary/aromatic N) is 3. The van der Waals surface area contributed by atoms with Gasteiger partial charge >= 0.3 is 0 Å². The number of hydrogen-bond acceptors (Lipinski definition) is 5. The van der Waals surface area contributed by atoms with Crippen LogP contribution in [0.15, 0.2) is 64.2 Å². The van der Waals surface area contributed by atoms with Gasteiger partial charge in [-0.3, -0.25) is 14.2 Å². The first kappa shape index (κ1) is 20.5. The molecule has 7 nitrogen and oxygen atoms in total. The van der Waals surface area contributed by atoms with Crippen LogP contribution in [0.5, 0.6) is 0 Å². The van der Waals surface area contributed by atoms with Crippen molar-refractivity contribution in [3.63, 3.8) is 0 Å². The van der Waals surface area contributed by atoms with Gasteiger partial charge in [0.1, 0.15) is 23.2 Å². The van der Waals surface area contributed by atoms with Crippen LogP contribution >= 0.6 is 0 Å². The van der Waals surface area contributed by atoms with Crippen LogP contribution in [0.2, 0.25) is 0 Å². The van der Waals surface area contributed by atoms with Crippen molar-refractivity contribution in [1.29, 1.82) is 0 Å². The molecule has 2 aromatic carbocycles. The molecule has 4 aromatic rings. The standard InChI is InChI=1S/C23H21FN4O3/c1-15-2-4-16(5-3-15)10-12-25-19(29)11-13-28-14-26-22-20(23(28)30)21(27-31-22)17-6-8-18(24)9-7-17/h2-9,14H,10-13H2,1H3,(H,25,29). The number of halogens is 1. The summed E-state index contributed by atoms with van der Waals surface area (Å²) >= 11 is 0. The van der Waals surface area contributed by atoms with E-state index in [0.29, 0.717) is 17.8 Å². The highest BCUT2D eigenvalue weighted by atomic mass is 19.1. The summed E-state index contributed by atoms with van der Waals surface area (Å²) in [6.45, 7) is 2.72. The molecule has 1 N–H and O–H groups in total. The molecule has 0 aliphatic carbocycles. The highest BCUT2D eigenvalue weighted by Crippen LogP contribution is 2.24. The van der Waals surface area contributed by atoms with Crippen LogP contribution in [0.4, 0.5) is 4.39 Å². The topological polar surface area (TPSA) is 90.0 Å². The minimum atomic E-state index is -0.388. The molecule has 0 radical (unpaired) electrons. The molecule has 4 rings (SSSR count). The van der Waals surface area contributed by atoms with Crippen molar-refractivity contribution in [3.05, 3.63) is 82.2 Å². The highest BCUT2D eigenvalue weighted by molar-refractivity contribution is 5.88. The maximum Gasteiger partial charge on any atom is 0.266 e. The van der Waals surface area contributed by atoms with Gasteiger partial charge in [-0.2, -0.15) is 0 Å². The van der Waals surface area contributed by atoms with Crippen LogP contribution in [-0.4, -0.2) is 27.2 Å². The SMILES string of the molecule is Cc1ccc(CCNC(=O)CCn2cnc3onc(-c4ccc(F)cc4)c3c2=O)cc1. The van der Waals surface area contributed by atoms with Gasteiger partial charge in [0.05, 0.1) is 0 Å². The van der Waals surface area contributed by atoms with E-state index in [1.807, 2.05) is 31.2 Å². The maximum atomic E-state index is 13.2. The summed E-state index contributed by atoms with van der Waals surface area (Å²) in [5.74, 6) is -0.538. The van der Waals surface area contributed by atoms with Crippen LogP contribution < -0.4 is 10.9 Å². The van der Waals surface area contributed by atoms with Crippen molar-refractivity contribution in [3.8, 4) is 11.3 Å². The second kappa shape index (κ2) is 8.91. The number of benzene rings is 2. The van der Waals surface area contributed by atoms with E-state index in [1.165, 1.54) is 40.7 Å². The Kier molecular flexibility index (Phi) is 5.88. The third-order valence-corrected chi connectivity index (χ3v) is 5.02. The molecule has 0 unspecified atom stereocenters. The lowest BCUT2D eigenvalue weighted by atomic mass is 10.1. The quantitative estimate of drug-likeness (QED) is 0.496. The summed E-state index contributed by atoms with van der Waals surface area (Å²) in [6.07, 6.45) is 2.21. The van der Waals surface area contributed by atoms with Gasteiger partial charge in [0.2, 0.25) is 5.91 Å². The van der Waals surface area contributed by atoms with Gasteiger partial charge < -0.3 is 9.84 Å². The number of aromatic nitrogens is 3. The van der Waals surface area contributed by atoms with Crippen molar-refractivity contribution < 1.29 is 13.7 Å². The monoisotopic (exact) mass is 420 g/mol. The molecule has 0 spiro atoms. The second-order valence-corrected chi connectivity index (χ2v) is 7.30. The smallest absolute Gasteiger partial charge is 0.266 e. The largest absolute Gasteiger partial charge is 0.356 e. The lowest BCUT2D eigenvalue weighted by Gasteiger charge is -2.07. The molecule has 0 saturated carbocycles.